The van der Waals surface area contributed by atoms with Gasteiger partial charge in [0.05, 0.1) is 4.47 Å². The largest absolute Gasteiger partial charge is 0.354 e. The summed E-state index contributed by atoms with van der Waals surface area (Å²) in [5, 5.41) is 2.73. The first-order chi connectivity index (χ1) is 9.38. The van der Waals surface area contributed by atoms with Gasteiger partial charge in [0.15, 0.2) is 0 Å². The number of urea groups is 1. The van der Waals surface area contributed by atoms with E-state index >= 15 is 0 Å². The van der Waals surface area contributed by atoms with Gasteiger partial charge in [-0.3, -0.25) is 4.79 Å². The molecule has 2 amide bonds. The topological polar surface area (TPSA) is 54.3 Å². The van der Waals surface area contributed by atoms with Crippen LogP contribution in [0.1, 0.15) is 26.7 Å². The van der Waals surface area contributed by atoms with Crippen molar-refractivity contribution in [2.75, 3.05) is 11.9 Å². The molecule has 1 aromatic heterocycles. The number of hydrogen-bond acceptors (Lipinski definition) is 2. The molecule has 1 heterocycles. The second-order valence-corrected chi connectivity index (χ2v) is 6.49. The number of aryl methyl sites for hydroxylation is 1. The molecule has 0 aromatic carbocycles. The summed E-state index contributed by atoms with van der Waals surface area (Å²) in [6, 6.07) is -0.0892. The highest BCUT2D eigenvalue weighted by molar-refractivity contribution is 9.10. The highest BCUT2D eigenvalue weighted by Crippen LogP contribution is 2.30. The van der Waals surface area contributed by atoms with Gasteiger partial charge in [-0.2, -0.15) is 0 Å². The van der Waals surface area contributed by atoms with Crippen LogP contribution in [0.25, 0.3) is 0 Å². The molecule has 2 rings (SSSR count). The lowest BCUT2D eigenvalue weighted by Gasteiger charge is -2.27. The predicted octanol–water partition coefficient (Wildman–Crippen LogP) is 2.80. The normalized spacial score (nSPS) is 14.4. The van der Waals surface area contributed by atoms with Crippen LogP contribution in [0, 0.1) is 5.92 Å². The number of nitrogens with zero attached hydrogens (tertiary/aromatic N) is 2. The molecule has 1 fully saturated rings. The highest BCUT2D eigenvalue weighted by atomic mass is 79.9. The minimum absolute atomic E-state index is 0.117. The van der Waals surface area contributed by atoms with E-state index in [9.17, 15) is 9.59 Å². The summed E-state index contributed by atoms with van der Waals surface area (Å²) in [5.41, 5.74) is 0.0971. The quantitative estimate of drug-likeness (QED) is 0.915. The lowest BCUT2D eigenvalue weighted by Crippen LogP contribution is -2.42. The predicted molar refractivity (Wildman–Crippen MR) is 83.0 cm³/mol. The molecule has 1 aliphatic carbocycles. The molecule has 110 valence electrons. The first-order valence-corrected chi connectivity index (χ1v) is 7.61. The molecule has 0 unspecified atom stereocenters. The van der Waals surface area contributed by atoms with E-state index in [0.717, 1.165) is 6.54 Å². The molecule has 1 aliphatic rings. The molecular formula is C14H20BrN3O2. The van der Waals surface area contributed by atoms with Crippen LogP contribution in [-0.2, 0) is 7.05 Å². The van der Waals surface area contributed by atoms with Crippen LogP contribution >= 0.6 is 15.9 Å². The molecule has 20 heavy (non-hydrogen) atoms. The number of aromatic nitrogens is 1. The van der Waals surface area contributed by atoms with E-state index in [0.29, 0.717) is 16.1 Å². The average Bonchev–Trinajstić information content (AvgIpc) is 3.15. The number of pyridine rings is 1. The van der Waals surface area contributed by atoms with Crippen LogP contribution in [0.4, 0.5) is 10.5 Å². The van der Waals surface area contributed by atoms with E-state index in [2.05, 4.69) is 21.2 Å². The van der Waals surface area contributed by atoms with E-state index in [1.165, 1.54) is 12.8 Å². The molecule has 1 saturated carbocycles. The van der Waals surface area contributed by atoms with E-state index < -0.39 is 0 Å². The summed E-state index contributed by atoms with van der Waals surface area (Å²) in [5.74, 6) is 0.619. The van der Waals surface area contributed by atoms with Crippen LogP contribution in [-0.4, -0.2) is 28.1 Å². The zero-order valence-electron chi connectivity index (χ0n) is 12.0. The Morgan fingerprint density at radius 3 is 2.70 bits per heavy atom. The van der Waals surface area contributed by atoms with Gasteiger partial charge >= 0.3 is 6.03 Å². The van der Waals surface area contributed by atoms with Crippen molar-refractivity contribution in [2.24, 2.45) is 13.0 Å². The number of hydrogen-bond donors (Lipinski definition) is 1. The third-order valence-corrected chi connectivity index (χ3v) is 3.95. The molecule has 0 bridgehead atoms. The van der Waals surface area contributed by atoms with Gasteiger partial charge in [-0.1, -0.05) is 0 Å². The standard InChI is InChI=1S/C14H20BrN3O2/c1-9(2)18(6-10-4-5-10)14(20)16-12-8-17(3)7-11(15)13(12)19/h7-10H,4-6H2,1-3H3,(H,16,20). The zero-order chi connectivity index (χ0) is 14.9. The molecule has 0 atom stereocenters. The van der Waals surface area contributed by atoms with Crippen molar-refractivity contribution in [1.29, 1.82) is 0 Å². The second kappa shape index (κ2) is 5.99. The van der Waals surface area contributed by atoms with Crippen LogP contribution in [0.2, 0.25) is 0 Å². The van der Waals surface area contributed by atoms with Crippen molar-refractivity contribution in [3.8, 4) is 0 Å². The maximum atomic E-state index is 12.3. The molecule has 5 nitrogen and oxygen atoms in total. The number of anilines is 1. The zero-order valence-corrected chi connectivity index (χ0v) is 13.6. The minimum atomic E-state index is -0.206. The van der Waals surface area contributed by atoms with Gasteiger partial charge in [-0.05, 0) is 48.5 Å². The fraction of sp³-hybridized carbons (Fsp3) is 0.571. The number of halogens is 1. The van der Waals surface area contributed by atoms with Crippen LogP contribution < -0.4 is 10.7 Å². The van der Waals surface area contributed by atoms with Crippen LogP contribution in [0.15, 0.2) is 21.7 Å². The number of nitrogens with one attached hydrogen (secondary N) is 1. The molecule has 0 aliphatic heterocycles. The van der Waals surface area contributed by atoms with E-state index in [1.807, 2.05) is 20.9 Å². The summed E-state index contributed by atoms with van der Waals surface area (Å²) >= 11 is 3.20. The van der Waals surface area contributed by atoms with Gasteiger partial charge in [0.1, 0.15) is 5.69 Å². The maximum absolute atomic E-state index is 12.3. The molecule has 1 N–H and O–H groups in total. The Morgan fingerprint density at radius 1 is 1.50 bits per heavy atom. The third kappa shape index (κ3) is 3.62. The molecule has 0 spiro atoms. The Labute approximate surface area is 127 Å². The van der Waals surface area contributed by atoms with Crippen molar-refractivity contribution >= 4 is 27.6 Å². The summed E-state index contributed by atoms with van der Waals surface area (Å²) in [6.07, 6.45) is 5.67. The number of carbonyl (C=O) groups excluding carboxylic acids is 1. The Kier molecular flexibility index (Phi) is 4.52. The van der Waals surface area contributed by atoms with Gasteiger partial charge < -0.3 is 14.8 Å². The molecule has 1 aromatic rings. The van der Waals surface area contributed by atoms with Gasteiger partial charge in [0, 0.05) is 32.0 Å². The smallest absolute Gasteiger partial charge is 0.322 e. The van der Waals surface area contributed by atoms with Crippen LogP contribution in [0.5, 0.6) is 0 Å². The molecular weight excluding hydrogens is 322 g/mol. The molecule has 6 heteroatoms. The number of carbonyl (C=O) groups is 1. The van der Waals surface area contributed by atoms with Crippen molar-refractivity contribution < 1.29 is 4.79 Å². The highest BCUT2D eigenvalue weighted by Gasteiger charge is 2.28. The SMILES string of the molecule is CC(C)N(CC1CC1)C(=O)Nc1cn(C)cc(Br)c1=O. The van der Waals surface area contributed by atoms with Gasteiger partial charge in [0.2, 0.25) is 5.43 Å². The Balaban J connectivity index is 2.15. The first-order valence-electron chi connectivity index (χ1n) is 6.82. The van der Waals surface area contributed by atoms with Gasteiger partial charge in [-0.25, -0.2) is 4.79 Å². The second-order valence-electron chi connectivity index (χ2n) is 5.63. The fourth-order valence-electron chi connectivity index (χ4n) is 2.05. The van der Waals surface area contributed by atoms with Crippen molar-refractivity contribution in [3.63, 3.8) is 0 Å². The monoisotopic (exact) mass is 341 g/mol. The molecule has 0 saturated heterocycles. The lowest BCUT2D eigenvalue weighted by atomic mass is 10.3. The van der Waals surface area contributed by atoms with E-state index in [1.54, 1.807) is 21.9 Å². The van der Waals surface area contributed by atoms with Gasteiger partial charge in [0.25, 0.3) is 0 Å². The Bertz CT molecular complexity index is 564. The number of rotatable bonds is 4. The van der Waals surface area contributed by atoms with Gasteiger partial charge in [-0.15, -0.1) is 0 Å². The summed E-state index contributed by atoms with van der Waals surface area (Å²) in [7, 11) is 1.81. The summed E-state index contributed by atoms with van der Waals surface area (Å²) in [4.78, 5) is 26.1. The third-order valence-electron chi connectivity index (χ3n) is 3.39. The number of amides is 2. The Morgan fingerprint density at radius 2 is 2.15 bits per heavy atom. The summed E-state index contributed by atoms with van der Waals surface area (Å²) < 4.78 is 2.18. The molecule has 0 radical (unpaired) electrons. The fourth-order valence-corrected chi connectivity index (χ4v) is 2.59. The first kappa shape index (κ1) is 15.1. The average molecular weight is 342 g/mol. The van der Waals surface area contributed by atoms with Crippen molar-refractivity contribution in [2.45, 2.75) is 32.7 Å². The van der Waals surface area contributed by atoms with E-state index in [4.69, 9.17) is 0 Å². The van der Waals surface area contributed by atoms with E-state index in [-0.39, 0.29) is 17.5 Å². The lowest BCUT2D eigenvalue weighted by molar-refractivity contribution is 0.194. The maximum Gasteiger partial charge on any atom is 0.322 e. The summed E-state index contributed by atoms with van der Waals surface area (Å²) in [6.45, 7) is 4.74. The van der Waals surface area contributed by atoms with Crippen molar-refractivity contribution in [3.05, 3.63) is 27.1 Å². The minimum Gasteiger partial charge on any atom is -0.354 e. The Hall–Kier alpha value is -1.30. The van der Waals surface area contributed by atoms with Crippen LogP contribution in [0.3, 0.4) is 0 Å². The van der Waals surface area contributed by atoms with Crippen molar-refractivity contribution in [1.82, 2.24) is 9.47 Å².